The fourth-order valence-corrected chi connectivity index (χ4v) is 9.52. The molecule has 0 atom stereocenters. The summed E-state index contributed by atoms with van der Waals surface area (Å²) in [5.41, 5.74) is 1.82. The molecule has 0 radical (unpaired) electrons. The summed E-state index contributed by atoms with van der Waals surface area (Å²) in [6.45, 7) is -1.04. The van der Waals surface area contributed by atoms with Crippen molar-refractivity contribution in [3.63, 3.8) is 0 Å². The Labute approximate surface area is 501 Å². The number of phenols is 2. The standard InChI is InChI=1S/C58H48F8N6O14S2/c59-55(60,51(81)67-19-3-1-5-21-69-53(87)71-29-7-13-35(41(23-29)49(77)78)47-37-15-9-31(73)25-43(37)83-44-26-32(74)10-16-38(44)47)85-57(63,64)58(65,66)86-56(61,62)52(82)68-20-4-2-6-22-70-54(88)72-30-8-14-36(42(24-30)50(79)80)48-39-17-11-33(75)27-45(39)84-46-28-34(76)12-18-40(46)48/h7-18,23-28,73,75H,1-6,19-22H2,(H,67,81)(H,68,82)(H,77,78)(H,79,80)(H2,69,71,87)(H2,70,72,88). The van der Waals surface area contributed by atoms with Crippen molar-refractivity contribution in [3.8, 4) is 56.4 Å². The molecule has 4 aromatic rings. The van der Waals surface area contributed by atoms with Crippen LogP contribution in [0.5, 0.6) is 11.5 Å². The fourth-order valence-electron chi connectivity index (χ4n) is 9.08. The molecule has 0 unspecified atom stereocenters. The van der Waals surface area contributed by atoms with Gasteiger partial charge in [-0.05, 0) is 147 Å². The first-order valence-electron chi connectivity index (χ1n) is 26.3. The number of carboxylic acid groups (broad SMARTS) is 2. The quantitative estimate of drug-likeness (QED) is 0.0110. The number of thiocarbonyl (C=S) groups is 2. The number of alkyl halides is 8. The van der Waals surface area contributed by atoms with Gasteiger partial charge in [0.2, 0.25) is 0 Å². The summed E-state index contributed by atoms with van der Waals surface area (Å²) in [5, 5.41) is 55.7. The van der Waals surface area contributed by atoms with Crippen LogP contribution in [-0.2, 0) is 19.1 Å². The van der Waals surface area contributed by atoms with Gasteiger partial charge in [0.05, 0.1) is 11.1 Å². The van der Waals surface area contributed by atoms with Gasteiger partial charge in [0, 0.05) is 94.8 Å². The molecule has 4 aliphatic rings. The van der Waals surface area contributed by atoms with Crippen LogP contribution in [-0.4, -0.2) is 105 Å². The van der Waals surface area contributed by atoms with Gasteiger partial charge in [0.15, 0.2) is 21.1 Å². The van der Waals surface area contributed by atoms with Crippen molar-refractivity contribution < 1.29 is 93.0 Å². The number of benzene rings is 6. The monoisotopic (exact) mass is 1270 g/mol. The zero-order valence-electron chi connectivity index (χ0n) is 45.2. The number of unbranched alkanes of at least 4 members (excludes halogenated alkanes) is 4. The second-order valence-corrected chi connectivity index (χ2v) is 20.2. The maximum absolute atomic E-state index is 14.4. The molecule has 0 bridgehead atoms. The predicted molar refractivity (Wildman–Crippen MR) is 310 cm³/mol. The lowest BCUT2D eigenvalue weighted by Gasteiger charge is -2.30. The van der Waals surface area contributed by atoms with E-state index in [1.807, 2.05) is 0 Å². The third-order valence-corrected chi connectivity index (χ3v) is 13.6. The molecule has 0 fully saturated rings. The minimum Gasteiger partial charge on any atom is -0.508 e. The van der Waals surface area contributed by atoms with E-state index in [4.69, 9.17) is 33.3 Å². The van der Waals surface area contributed by atoms with Crippen LogP contribution in [0.25, 0.3) is 66.8 Å². The number of carboxylic acids is 2. The van der Waals surface area contributed by atoms with Crippen LogP contribution in [0.2, 0.25) is 0 Å². The fraction of sp³-hybridized carbons (Fsp3) is 0.241. The molecule has 8 rings (SSSR count). The Morgan fingerprint density at radius 2 is 0.807 bits per heavy atom. The van der Waals surface area contributed by atoms with Crippen LogP contribution < -0.4 is 42.8 Å². The molecule has 2 aliphatic carbocycles. The van der Waals surface area contributed by atoms with E-state index in [-0.39, 0.29) is 141 Å². The number of ether oxygens (including phenoxy) is 2. The van der Waals surface area contributed by atoms with Crippen LogP contribution in [0.3, 0.4) is 0 Å². The van der Waals surface area contributed by atoms with Gasteiger partial charge in [-0.3, -0.25) is 19.2 Å². The average Bonchev–Trinajstić information content (AvgIpc) is 1.16. The molecule has 2 aliphatic heterocycles. The summed E-state index contributed by atoms with van der Waals surface area (Å²) in [6, 6.07) is 25.1. The van der Waals surface area contributed by atoms with Crippen LogP contribution in [0.1, 0.15) is 59.2 Å². The third kappa shape index (κ3) is 15.2. The SMILES string of the molecule is O=C(O)c1cc(NC(=S)NCCCCCNC(=O)C(F)(F)OC(F)(F)C(F)(F)OC(F)(F)C(=O)NCCCCCNC(=S)Nc2ccc(-c3c4ccc(=O)cc-4oc4cc(O)ccc34)c(C(=O)O)c2)ccc1-c1c2ccc(=O)cc-2oc2cc(O)ccc12. The van der Waals surface area contributed by atoms with Crippen molar-refractivity contribution in [2.75, 3.05) is 36.8 Å². The first-order chi connectivity index (χ1) is 41.5. The average molecular weight is 1270 g/mol. The van der Waals surface area contributed by atoms with Gasteiger partial charge in [-0.15, -0.1) is 0 Å². The summed E-state index contributed by atoms with van der Waals surface area (Å²) in [4.78, 5) is 73.4. The lowest BCUT2D eigenvalue weighted by molar-refractivity contribution is -0.499. The maximum atomic E-state index is 14.4. The van der Waals surface area contributed by atoms with Gasteiger partial charge < -0.3 is 61.2 Å². The highest BCUT2D eigenvalue weighted by molar-refractivity contribution is 7.80. The normalized spacial score (nSPS) is 12.0. The van der Waals surface area contributed by atoms with E-state index < -0.39 is 61.3 Å². The number of hydrogen-bond acceptors (Lipinski definition) is 14. The summed E-state index contributed by atoms with van der Waals surface area (Å²) in [5.74, 6) is -7.94. The lowest BCUT2D eigenvalue weighted by Crippen LogP contribution is -2.57. The highest BCUT2D eigenvalue weighted by atomic mass is 32.1. The van der Waals surface area contributed by atoms with E-state index in [0.29, 0.717) is 33.0 Å². The van der Waals surface area contributed by atoms with E-state index in [1.165, 1.54) is 120 Å². The minimum absolute atomic E-state index is 0.0122. The van der Waals surface area contributed by atoms with Crippen molar-refractivity contribution in [2.45, 2.75) is 63.0 Å². The van der Waals surface area contributed by atoms with Crippen molar-refractivity contribution in [3.05, 3.63) is 141 Å². The number of hydrogen-bond donors (Lipinski definition) is 10. The minimum atomic E-state index is -6.62. The molecule has 2 amide bonds. The summed E-state index contributed by atoms with van der Waals surface area (Å²) >= 11 is 10.6. The Morgan fingerprint density at radius 3 is 1.17 bits per heavy atom. The Morgan fingerprint density at radius 1 is 0.455 bits per heavy atom. The number of aromatic hydroxyl groups is 2. The van der Waals surface area contributed by atoms with E-state index in [0.717, 1.165) is 0 Å². The lowest BCUT2D eigenvalue weighted by atomic mass is 9.90. The zero-order valence-corrected chi connectivity index (χ0v) is 46.8. The number of rotatable bonds is 25. The van der Waals surface area contributed by atoms with Gasteiger partial charge in [0.25, 0.3) is 0 Å². The number of nitrogens with one attached hydrogen (secondary N) is 6. The highest BCUT2D eigenvalue weighted by Gasteiger charge is 2.69. The number of aromatic carboxylic acids is 2. The van der Waals surface area contributed by atoms with E-state index in [9.17, 15) is 84.3 Å². The molecule has 88 heavy (non-hydrogen) atoms. The molecule has 4 aromatic carbocycles. The third-order valence-electron chi connectivity index (χ3n) is 13.1. The van der Waals surface area contributed by atoms with Gasteiger partial charge in [0.1, 0.15) is 34.2 Å². The van der Waals surface area contributed by atoms with Gasteiger partial charge in [-0.1, -0.05) is 12.1 Å². The van der Waals surface area contributed by atoms with Crippen molar-refractivity contribution >= 4 is 91.7 Å². The van der Waals surface area contributed by atoms with Gasteiger partial charge >= 0.3 is 48.2 Å². The maximum Gasteiger partial charge on any atom is 0.453 e. The van der Waals surface area contributed by atoms with Crippen molar-refractivity contribution in [1.29, 1.82) is 0 Å². The zero-order chi connectivity index (χ0) is 63.9. The number of carbonyl (C=O) groups excluding carboxylic acids is 2. The van der Waals surface area contributed by atoms with E-state index in [1.54, 1.807) is 0 Å². The molecular weight excluding hydrogens is 1220 g/mol. The highest BCUT2D eigenvalue weighted by Crippen LogP contribution is 2.46. The van der Waals surface area contributed by atoms with Crippen molar-refractivity contribution in [2.24, 2.45) is 0 Å². The molecular formula is C58H48F8N6O14S2. The van der Waals surface area contributed by atoms with Crippen LogP contribution in [0.15, 0.2) is 128 Å². The molecule has 462 valence electrons. The molecule has 30 heteroatoms. The predicted octanol–water partition coefficient (Wildman–Crippen LogP) is 10.5. The Bertz CT molecular complexity index is 3820. The molecule has 0 spiro atoms. The van der Waals surface area contributed by atoms with Gasteiger partial charge in [-0.25, -0.2) is 19.1 Å². The second-order valence-electron chi connectivity index (χ2n) is 19.4. The first kappa shape index (κ1) is 64.5. The van der Waals surface area contributed by atoms with E-state index in [2.05, 4.69) is 30.7 Å². The topological polar surface area (TPSA) is 300 Å². The number of anilines is 2. The number of amides is 2. The molecule has 20 nitrogen and oxygen atoms in total. The molecule has 0 aromatic heterocycles. The molecule has 0 saturated carbocycles. The second kappa shape index (κ2) is 26.6. The molecule has 2 heterocycles. The van der Waals surface area contributed by atoms with Crippen molar-refractivity contribution in [1.82, 2.24) is 21.3 Å². The number of carbonyl (C=O) groups is 4. The Hall–Kier alpha value is -9.52. The number of fused-ring (bicyclic) bond motifs is 4. The smallest absolute Gasteiger partial charge is 0.453 e. The summed E-state index contributed by atoms with van der Waals surface area (Å²) < 4.78 is 132. The first-order valence-corrected chi connectivity index (χ1v) is 27.1. The van der Waals surface area contributed by atoms with Crippen LogP contribution >= 0.6 is 24.4 Å². The molecule has 0 saturated heterocycles. The largest absolute Gasteiger partial charge is 0.508 e. The summed E-state index contributed by atoms with van der Waals surface area (Å²) in [6.07, 6.45) is -24.1. The van der Waals surface area contributed by atoms with Crippen LogP contribution in [0, 0.1) is 0 Å². The van der Waals surface area contributed by atoms with Gasteiger partial charge in [-0.2, -0.15) is 35.1 Å². The Kier molecular flexibility index (Phi) is 19.5. The summed E-state index contributed by atoms with van der Waals surface area (Å²) in [7, 11) is 0. The van der Waals surface area contributed by atoms with Crippen LogP contribution in [0.4, 0.5) is 46.5 Å². The molecule has 10 N–H and O–H groups in total. The number of halogens is 8. The number of phenolic OH excluding ortho intramolecular Hbond substituents is 2. The Balaban J connectivity index is 0.724. The van der Waals surface area contributed by atoms with E-state index >= 15 is 0 Å².